The molecule has 0 spiro atoms. The molecule has 0 saturated carbocycles. The first-order valence-corrected chi connectivity index (χ1v) is 15.2. The van der Waals surface area contributed by atoms with Crippen LogP contribution in [0.4, 0.5) is 0 Å². The van der Waals surface area contributed by atoms with Gasteiger partial charge in [0.15, 0.2) is 23.0 Å². The summed E-state index contributed by atoms with van der Waals surface area (Å²) < 4.78 is 53.2. The number of sulfonamides is 1. The number of nitrogens with one attached hydrogen (secondary N) is 1. The highest BCUT2D eigenvalue weighted by Crippen LogP contribution is 2.40. The number of rotatable bonds is 18. The third-order valence-corrected chi connectivity index (χ3v) is 8.18. The molecule has 1 N–H and O–H groups in total. The zero-order valence-electron chi connectivity index (χ0n) is 24.2. The average Bonchev–Trinajstić information content (AvgIpc) is 3.44. The van der Waals surface area contributed by atoms with Crippen molar-refractivity contribution < 1.29 is 27.4 Å². The Kier molecular flexibility index (Phi) is 12.1. The fourth-order valence-electron chi connectivity index (χ4n) is 4.50. The topological polar surface area (TPSA) is 114 Å². The lowest BCUT2D eigenvalue weighted by atomic mass is 10.0. The monoisotopic (exact) mass is 574 g/mol. The first-order valence-electron chi connectivity index (χ1n) is 13.7. The Morgan fingerprint density at radius 1 is 0.775 bits per heavy atom. The van der Waals surface area contributed by atoms with E-state index in [9.17, 15) is 8.42 Å². The van der Waals surface area contributed by atoms with Crippen molar-refractivity contribution >= 4 is 10.0 Å². The van der Waals surface area contributed by atoms with E-state index in [-0.39, 0.29) is 11.4 Å². The molecular formula is C29H42N4O6S. The molecule has 0 unspecified atom stereocenters. The summed E-state index contributed by atoms with van der Waals surface area (Å²) in [5.41, 5.74) is 1.57. The van der Waals surface area contributed by atoms with E-state index >= 15 is 0 Å². The summed E-state index contributed by atoms with van der Waals surface area (Å²) in [5.74, 6) is 1.70. The number of aryl methyl sites for hydroxylation is 1. The SMILES string of the molecule is CCCCCCCCCCn1cc(CNS(=O)(=O)c2cc(OC)c(OC)cc2-c2ccc(OC)c(OC)c2)nn1. The number of ether oxygens (including phenoxy) is 4. The van der Waals surface area contributed by atoms with Gasteiger partial charge in [0.05, 0.1) is 45.6 Å². The van der Waals surface area contributed by atoms with Gasteiger partial charge in [-0.05, 0) is 30.2 Å². The number of methoxy groups -OCH3 is 4. The lowest BCUT2D eigenvalue weighted by Gasteiger charge is -2.17. The Hall–Kier alpha value is -3.31. The molecule has 0 saturated heterocycles. The molecule has 10 nitrogen and oxygen atoms in total. The van der Waals surface area contributed by atoms with E-state index in [1.54, 1.807) is 42.3 Å². The van der Waals surface area contributed by atoms with Gasteiger partial charge < -0.3 is 18.9 Å². The van der Waals surface area contributed by atoms with Gasteiger partial charge in [-0.25, -0.2) is 13.1 Å². The Labute approximate surface area is 238 Å². The Morgan fingerprint density at radius 3 is 2.02 bits per heavy atom. The summed E-state index contributed by atoms with van der Waals surface area (Å²) in [6, 6.07) is 8.29. The largest absolute Gasteiger partial charge is 0.493 e. The van der Waals surface area contributed by atoms with Crippen LogP contribution in [0.2, 0.25) is 0 Å². The van der Waals surface area contributed by atoms with Crippen LogP contribution in [0.15, 0.2) is 41.4 Å². The van der Waals surface area contributed by atoms with E-state index in [1.165, 1.54) is 65.9 Å². The van der Waals surface area contributed by atoms with Crippen LogP contribution < -0.4 is 23.7 Å². The molecule has 0 aliphatic rings. The highest BCUT2D eigenvalue weighted by Gasteiger charge is 2.24. The molecule has 3 rings (SSSR count). The zero-order valence-corrected chi connectivity index (χ0v) is 25.1. The molecule has 0 aliphatic carbocycles. The third kappa shape index (κ3) is 8.34. The standard InChI is InChI=1S/C29H42N4O6S/c1-6-7-8-9-10-11-12-13-16-33-21-23(31-32-33)20-30-40(34,35)29-19-28(39-5)27(38-4)18-24(29)22-14-15-25(36-2)26(17-22)37-3/h14-15,17-19,21,30H,6-13,16,20H2,1-5H3. The third-order valence-electron chi connectivity index (χ3n) is 6.74. The molecule has 2 aromatic carbocycles. The maximum atomic E-state index is 13.6. The van der Waals surface area contributed by atoms with Gasteiger partial charge in [-0.2, -0.15) is 0 Å². The van der Waals surface area contributed by atoms with Gasteiger partial charge in [-0.1, -0.05) is 63.1 Å². The molecule has 0 amide bonds. The highest BCUT2D eigenvalue weighted by molar-refractivity contribution is 7.89. The molecule has 1 heterocycles. The second kappa shape index (κ2) is 15.5. The van der Waals surface area contributed by atoms with Crippen molar-refractivity contribution in [2.24, 2.45) is 0 Å². The van der Waals surface area contributed by atoms with Crippen LogP contribution in [0.3, 0.4) is 0 Å². The number of unbranched alkanes of at least 4 members (excludes halogenated alkanes) is 7. The second-order valence-electron chi connectivity index (χ2n) is 9.55. The maximum absolute atomic E-state index is 13.6. The Morgan fingerprint density at radius 2 is 1.38 bits per heavy atom. The normalized spacial score (nSPS) is 11.4. The smallest absolute Gasteiger partial charge is 0.241 e. The lowest BCUT2D eigenvalue weighted by molar-refractivity contribution is 0.353. The highest BCUT2D eigenvalue weighted by atomic mass is 32.2. The predicted molar refractivity (Wildman–Crippen MR) is 155 cm³/mol. The van der Waals surface area contributed by atoms with Gasteiger partial charge in [0.25, 0.3) is 0 Å². The fraction of sp³-hybridized carbons (Fsp3) is 0.517. The molecule has 0 atom stereocenters. The number of aromatic nitrogens is 3. The molecule has 220 valence electrons. The summed E-state index contributed by atoms with van der Waals surface area (Å²) >= 11 is 0. The van der Waals surface area contributed by atoms with Crippen molar-refractivity contribution in [3.8, 4) is 34.1 Å². The molecule has 0 aliphatic heterocycles. The van der Waals surface area contributed by atoms with E-state index in [2.05, 4.69) is 22.0 Å². The number of hydrogen-bond acceptors (Lipinski definition) is 8. The molecule has 0 fully saturated rings. The van der Waals surface area contributed by atoms with Crippen LogP contribution in [0.25, 0.3) is 11.1 Å². The minimum absolute atomic E-state index is 0.000516. The van der Waals surface area contributed by atoms with Crippen LogP contribution in [0.1, 0.15) is 64.0 Å². The number of hydrogen-bond donors (Lipinski definition) is 1. The summed E-state index contributed by atoms with van der Waals surface area (Å²) in [7, 11) is 2.04. The van der Waals surface area contributed by atoms with Crippen molar-refractivity contribution in [2.75, 3.05) is 28.4 Å². The average molecular weight is 575 g/mol. The molecule has 11 heteroatoms. The number of benzene rings is 2. The molecule has 0 radical (unpaired) electrons. The summed E-state index contributed by atoms with van der Waals surface area (Å²) in [4.78, 5) is 0.0312. The Bertz CT molecular complexity index is 1330. The molecular weight excluding hydrogens is 532 g/mol. The molecule has 0 bridgehead atoms. The van der Waals surface area contributed by atoms with E-state index < -0.39 is 10.0 Å². The van der Waals surface area contributed by atoms with Gasteiger partial charge in [0.2, 0.25) is 10.0 Å². The van der Waals surface area contributed by atoms with Crippen LogP contribution in [-0.2, 0) is 23.1 Å². The van der Waals surface area contributed by atoms with Gasteiger partial charge in [0, 0.05) is 24.4 Å². The van der Waals surface area contributed by atoms with Crippen molar-refractivity contribution in [1.29, 1.82) is 0 Å². The predicted octanol–water partition coefficient (Wildman–Crippen LogP) is 5.60. The first kappa shape index (κ1) is 31.2. The van der Waals surface area contributed by atoms with E-state index in [4.69, 9.17) is 18.9 Å². The summed E-state index contributed by atoms with van der Waals surface area (Å²) in [6.45, 7) is 2.98. The van der Waals surface area contributed by atoms with Crippen molar-refractivity contribution in [3.05, 3.63) is 42.2 Å². The molecule has 1 aromatic heterocycles. The first-order chi connectivity index (χ1) is 19.4. The van der Waals surface area contributed by atoms with Crippen LogP contribution >= 0.6 is 0 Å². The van der Waals surface area contributed by atoms with Crippen molar-refractivity contribution in [1.82, 2.24) is 19.7 Å². The van der Waals surface area contributed by atoms with Crippen LogP contribution in [0.5, 0.6) is 23.0 Å². The minimum atomic E-state index is -3.99. The lowest BCUT2D eigenvalue weighted by Crippen LogP contribution is -2.24. The summed E-state index contributed by atoms with van der Waals surface area (Å²) in [6.07, 6.45) is 11.6. The molecule has 40 heavy (non-hydrogen) atoms. The van der Waals surface area contributed by atoms with Gasteiger partial charge in [-0.15, -0.1) is 5.10 Å². The maximum Gasteiger partial charge on any atom is 0.241 e. The van der Waals surface area contributed by atoms with Crippen molar-refractivity contribution in [2.45, 2.75) is 76.3 Å². The second-order valence-corrected chi connectivity index (χ2v) is 11.3. The van der Waals surface area contributed by atoms with Crippen LogP contribution in [-0.4, -0.2) is 51.9 Å². The zero-order chi connectivity index (χ0) is 29.0. The van der Waals surface area contributed by atoms with E-state index in [1.807, 2.05) is 0 Å². The van der Waals surface area contributed by atoms with Gasteiger partial charge in [0.1, 0.15) is 0 Å². The minimum Gasteiger partial charge on any atom is -0.493 e. The fourth-order valence-corrected chi connectivity index (χ4v) is 5.72. The molecule has 3 aromatic rings. The van der Waals surface area contributed by atoms with Crippen molar-refractivity contribution in [3.63, 3.8) is 0 Å². The van der Waals surface area contributed by atoms with Gasteiger partial charge in [-0.3, -0.25) is 4.68 Å². The van der Waals surface area contributed by atoms with Crippen LogP contribution in [0, 0.1) is 0 Å². The van der Waals surface area contributed by atoms with E-state index in [0.717, 1.165) is 19.4 Å². The summed E-state index contributed by atoms with van der Waals surface area (Å²) in [5, 5.41) is 8.32. The Balaban J connectivity index is 1.73. The number of nitrogens with zero attached hydrogens (tertiary/aromatic N) is 3. The van der Waals surface area contributed by atoms with Gasteiger partial charge >= 0.3 is 0 Å². The quantitative estimate of drug-likeness (QED) is 0.195. The van der Waals surface area contributed by atoms with E-state index in [0.29, 0.717) is 39.8 Å².